The largest absolute Gasteiger partial charge is 0.314 e. The zero-order valence-electron chi connectivity index (χ0n) is 11.0. The lowest BCUT2D eigenvalue weighted by molar-refractivity contribution is 0.390. The van der Waals surface area contributed by atoms with Gasteiger partial charge in [0.2, 0.25) is 0 Å². The average Bonchev–Trinajstić information content (AvgIpc) is 2.19. The second-order valence-electron chi connectivity index (χ2n) is 4.77. The van der Waals surface area contributed by atoms with Crippen LogP contribution in [0.5, 0.6) is 0 Å². The van der Waals surface area contributed by atoms with Gasteiger partial charge in [0.25, 0.3) is 0 Å². The summed E-state index contributed by atoms with van der Waals surface area (Å²) in [7, 11) is 0. The van der Waals surface area contributed by atoms with E-state index in [1.165, 1.54) is 44.4 Å². The van der Waals surface area contributed by atoms with Crippen molar-refractivity contribution in [1.29, 1.82) is 0 Å². The van der Waals surface area contributed by atoms with Crippen LogP contribution in [0.2, 0.25) is 0 Å². The van der Waals surface area contributed by atoms with Gasteiger partial charge in [0.1, 0.15) is 0 Å². The summed E-state index contributed by atoms with van der Waals surface area (Å²) in [6, 6.07) is 0.756. The predicted octanol–water partition coefficient (Wildman–Crippen LogP) is 3.93. The summed E-state index contributed by atoms with van der Waals surface area (Å²) < 4.78 is 0. The Morgan fingerprint density at radius 1 is 1.20 bits per heavy atom. The topological polar surface area (TPSA) is 12.0 Å². The van der Waals surface area contributed by atoms with Crippen molar-refractivity contribution in [2.45, 2.75) is 58.9 Å². The Hall–Kier alpha value is 0.310. The minimum atomic E-state index is 0.756. The van der Waals surface area contributed by atoms with Crippen LogP contribution in [0, 0.1) is 5.92 Å². The fourth-order valence-corrected chi connectivity index (χ4v) is 2.35. The Labute approximate surface area is 101 Å². The molecule has 92 valence electrons. The maximum atomic E-state index is 3.67. The van der Waals surface area contributed by atoms with Crippen molar-refractivity contribution in [3.63, 3.8) is 0 Å². The summed E-state index contributed by atoms with van der Waals surface area (Å²) >= 11 is 1.96. The van der Waals surface area contributed by atoms with E-state index in [4.69, 9.17) is 0 Å². The van der Waals surface area contributed by atoms with Crippen LogP contribution in [-0.2, 0) is 0 Å². The molecule has 15 heavy (non-hydrogen) atoms. The molecule has 0 aromatic heterocycles. The van der Waals surface area contributed by atoms with Crippen molar-refractivity contribution in [2.24, 2.45) is 5.92 Å². The summed E-state index contributed by atoms with van der Waals surface area (Å²) in [5.74, 6) is 2.14. The van der Waals surface area contributed by atoms with Gasteiger partial charge in [-0.3, -0.25) is 0 Å². The molecule has 0 heterocycles. The Morgan fingerprint density at radius 2 is 1.93 bits per heavy atom. The second-order valence-corrected chi connectivity index (χ2v) is 5.75. The number of hydrogen-bond donors (Lipinski definition) is 1. The van der Waals surface area contributed by atoms with Gasteiger partial charge >= 0.3 is 0 Å². The van der Waals surface area contributed by atoms with Crippen molar-refractivity contribution in [1.82, 2.24) is 5.32 Å². The summed E-state index contributed by atoms with van der Waals surface area (Å²) in [5.41, 5.74) is 0. The Kier molecular flexibility index (Phi) is 11.0. The highest BCUT2D eigenvalue weighted by Crippen LogP contribution is 2.12. The summed E-state index contributed by atoms with van der Waals surface area (Å²) in [5, 5.41) is 3.67. The molecule has 0 aliphatic carbocycles. The van der Waals surface area contributed by atoms with Crippen molar-refractivity contribution in [3.05, 3.63) is 0 Å². The van der Waals surface area contributed by atoms with E-state index in [2.05, 4.69) is 32.3 Å². The van der Waals surface area contributed by atoms with Crippen molar-refractivity contribution >= 4 is 11.8 Å². The molecule has 0 fully saturated rings. The van der Waals surface area contributed by atoms with Gasteiger partial charge in [0.05, 0.1) is 0 Å². The SMILES string of the molecule is CCCNC(CCCCSC)CC(C)C. The number of hydrogen-bond acceptors (Lipinski definition) is 2. The molecule has 1 N–H and O–H groups in total. The highest BCUT2D eigenvalue weighted by atomic mass is 32.2. The first-order valence-corrected chi connectivity index (χ1v) is 7.82. The maximum absolute atomic E-state index is 3.67. The van der Waals surface area contributed by atoms with Crippen LogP contribution in [-0.4, -0.2) is 24.6 Å². The van der Waals surface area contributed by atoms with E-state index in [0.717, 1.165) is 12.0 Å². The molecule has 0 amide bonds. The van der Waals surface area contributed by atoms with Crippen LogP contribution in [0.25, 0.3) is 0 Å². The molecule has 0 bridgehead atoms. The minimum Gasteiger partial charge on any atom is -0.314 e. The lowest BCUT2D eigenvalue weighted by Crippen LogP contribution is -2.31. The van der Waals surface area contributed by atoms with Gasteiger partial charge < -0.3 is 5.32 Å². The standard InChI is InChI=1S/C13H29NS/c1-5-9-14-13(11-12(2)3)8-6-7-10-15-4/h12-14H,5-11H2,1-4H3. The van der Waals surface area contributed by atoms with E-state index >= 15 is 0 Å². The quantitative estimate of drug-likeness (QED) is 0.572. The monoisotopic (exact) mass is 231 g/mol. The first kappa shape index (κ1) is 15.3. The molecule has 2 heteroatoms. The number of nitrogens with one attached hydrogen (secondary N) is 1. The Bertz CT molecular complexity index is 126. The van der Waals surface area contributed by atoms with Crippen molar-refractivity contribution in [3.8, 4) is 0 Å². The molecule has 0 saturated heterocycles. The zero-order valence-corrected chi connectivity index (χ0v) is 11.8. The molecule has 0 aromatic rings. The van der Waals surface area contributed by atoms with Crippen LogP contribution in [0.4, 0.5) is 0 Å². The zero-order chi connectivity index (χ0) is 11.5. The van der Waals surface area contributed by atoms with E-state index in [9.17, 15) is 0 Å². The van der Waals surface area contributed by atoms with Crippen molar-refractivity contribution < 1.29 is 0 Å². The fraction of sp³-hybridized carbons (Fsp3) is 1.00. The van der Waals surface area contributed by atoms with Gasteiger partial charge in [-0.05, 0) is 50.2 Å². The Morgan fingerprint density at radius 3 is 2.47 bits per heavy atom. The molecule has 0 saturated carbocycles. The Balaban J connectivity index is 3.59. The average molecular weight is 231 g/mol. The fourth-order valence-electron chi connectivity index (χ4n) is 1.86. The number of unbranched alkanes of at least 4 members (excludes halogenated alkanes) is 1. The molecule has 0 radical (unpaired) electrons. The lowest BCUT2D eigenvalue weighted by atomic mass is 9.99. The van der Waals surface area contributed by atoms with E-state index < -0.39 is 0 Å². The first-order valence-electron chi connectivity index (χ1n) is 6.43. The molecule has 0 aliphatic rings. The van der Waals surface area contributed by atoms with Gasteiger partial charge in [0.15, 0.2) is 0 Å². The third kappa shape index (κ3) is 10.6. The molecule has 0 rings (SSSR count). The van der Waals surface area contributed by atoms with Crippen LogP contribution in [0.15, 0.2) is 0 Å². The maximum Gasteiger partial charge on any atom is 0.00695 e. The molecule has 0 spiro atoms. The smallest absolute Gasteiger partial charge is 0.00695 e. The van der Waals surface area contributed by atoms with Crippen molar-refractivity contribution in [2.75, 3.05) is 18.6 Å². The molecule has 1 atom stereocenters. The highest BCUT2D eigenvalue weighted by Gasteiger charge is 2.09. The predicted molar refractivity (Wildman–Crippen MR) is 73.8 cm³/mol. The third-order valence-corrected chi connectivity index (χ3v) is 3.29. The summed E-state index contributed by atoms with van der Waals surface area (Å²) in [6.45, 7) is 8.07. The van der Waals surface area contributed by atoms with Gasteiger partial charge in [-0.1, -0.05) is 27.2 Å². The molecule has 0 aliphatic heterocycles. The van der Waals surface area contributed by atoms with Crippen LogP contribution in [0.1, 0.15) is 52.9 Å². The first-order chi connectivity index (χ1) is 7.20. The van der Waals surface area contributed by atoms with Crippen LogP contribution < -0.4 is 5.32 Å². The molecular weight excluding hydrogens is 202 g/mol. The minimum absolute atomic E-state index is 0.756. The number of thioether (sulfide) groups is 1. The molecule has 1 nitrogen and oxygen atoms in total. The van der Waals surface area contributed by atoms with Gasteiger partial charge in [-0.2, -0.15) is 11.8 Å². The molecular formula is C13H29NS. The highest BCUT2D eigenvalue weighted by molar-refractivity contribution is 7.98. The van der Waals surface area contributed by atoms with Gasteiger partial charge in [-0.15, -0.1) is 0 Å². The van der Waals surface area contributed by atoms with E-state index in [-0.39, 0.29) is 0 Å². The van der Waals surface area contributed by atoms with Gasteiger partial charge in [0, 0.05) is 6.04 Å². The number of rotatable bonds is 10. The second kappa shape index (κ2) is 10.8. The summed E-state index contributed by atoms with van der Waals surface area (Å²) in [4.78, 5) is 0. The van der Waals surface area contributed by atoms with E-state index in [1.54, 1.807) is 0 Å². The lowest BCUT2D eigenvalue weighted by Gasteiger charge is -2.20. The summed E-state index contributed by atoms with van der Waals surface area (Å²) in [6.07, 6.45) is 8.90. The molecule has 1 unspecified atom stereocenters. The van der Waals surface area contributed by atoms with E-state index in [1.807, 2.05) is 11.8 Å². The van der Waals surface area contributed by atoms with E-state index in [0.29, 0.717) is 0 Å². The third-order valence-electron chi connectivity index (χ3n) is 2.59. The van der Waals surface area contributed by atoms with Crippen LogP contribution in [0.3, 0.4) is 0 Å². The van der Waals surface area contributed by atoms with Gasteiger partial charge in [-0.25, -0.2) is 0 Å². The molecule has 0 aromatic carbocycles. The van der Waals surface area contributed by atoms with Crippen LogP contribution >= 0.6 is 11.8 Å². The normalized spacial score (nSPS) is 13.4.